The normalized spacial score (nSPS) is 19.9. The molecule has 8 nitrogen and oxygen atoms in total. The van der Waals surface area contributed by atoms with Crippen LogP contribution in [-0.2, 0) is 9.63 Å². The van der Waals surface area contributed by atoms with Gasteiger partial charge in [0.25, 0.3) is 5.91 Å². The molecule has 0 radical (unpaired) electrons. The minimum Gasteiger partial charge on any atom is -0.367 e. The van der Waals surface area contributed by atoms with Crippen molar-refractivity contribution in [3.63, 3.8) is 0 Å². The topological polar surface area (TPSA) is 96.5 Å². The molecule has 194 valence electrons. The average molecular weight is 513 g/mol. The van der Waals surface area contributed by atoms with Crippen LogP contribution in [0.2, 0.25) is 0 Å². The zero-order valence-electron chi connectivity index (χ0n) is 19.2. The van der Waals surface area contributed by atoms with E-state index < -0.39 is 41.3 Å². The van der Waals surface area contributed by atoms with Gasteiger partial charge in [-0.2, -0.15) is 23.2 Å². The smallest absolute Gasteiger partial charge is 0.367 e. The summed E-state index contributed by atoms with van der Waals surface area (Å²) < 4.78 is 65.5. The Morgan fingerprint density at radius 2 is 1.64 bits per heavy atom. The number of anilines is 2. The fourth-order valence-electron chi connectivity index (χ4n) is 3.90. The number of alkyl halides is 3. The first-order valence-electron chi connectivity index (χ1n) is 11.5. The molecule has 13 heteroatoms. The van der Waals surface area contributed by atoms with E-state index in [1.165, 1.54) is 0 Å². The lowest BCUT2D eigenvalue weighted by Crippen LogP contribution is -2.47. The van der Waals surface area contributed by atoms with Crippen LogP contribution in [0.1, 0.15) is 54.4 Å². The number of nitrogens with zero attached hydrogens (tertiary/aromatic N) is 3. The zero-order chi connectivity index (χ0) is 26.0. The van der Waals surface area contributed by atoms with E-state index in [0.29, 0.717) is 42.0 Å². The lowest BCUT2D eigenvalue weighted by molar-refractivity contribution is -0.235. The van der Waals surface area contributed by atoms with Gasteiger partial charge in [0.05, 0.1) is 6.04 Å². The summed E-state index contributed by atoms with van der Waals surface area (Å²) in [5.41, 5.74) is 0.446. The highest BCUT2D eigenvalue weighted by Gasteiger charge is 2.45. The molecular weight excluding hydrogens is 489 g/mol. The number of carbonyl (C=O) groups is 2. The third kappa shape index (κ3) is 6.18. The van der Waals surface area contributed by atoms with Crippen molar-refractivity contribution in [2.45, 2.75) is 69.8 Å². The van der Waals surface area contributed by atoms with E-state index in [9.17, 15) is 31.5 Å². The molecular formula is C23H24F5N5O3. The molecule has 0 spiro atoms. The molecule has 36 heavy (non-hydrogen) atoms. The van der Waals surface area contributed by atoms with Gasteiger partial charge in [0.15, 0.2) is 11.6 Å². The summed E-state index contributed by atoms with van der Waals surface area (Å²) in [6, 6.07) is 1.48. The second-order valence-electron chi connectivity index (χ2n) is 8.93. The monoisotopic (exact) mass is 513 g/mol. The summed E-state index contributed by atoms with van der Waals surface area (Å²) in [6.45, 7) is 1.89. The second-order valence-corrected chi connectivity index (χ2v) is 8.93. The Morgan fingerprint density at radius 3 is 2.25 bits per heavy atom. The van der Waals surface area contributed by atoms with Gasteiger partial charge in [-0.25, -0.2) is 18.6 Å². The largest absolute Gasteiger partial charge is 0.493 e. The molecule has 2 saturated carbocycles. The zero-order valence-corrected chi connectivity index (χ0v) is 19.2. The molecule has 2 aromatic rings. The average Bonchev–Trinajstić information content (AvgIpc) is 3.65. The minimum absolute atomic E-state index is 0.142. The fraction of sp³-hybridized carbons (Fsp3) is 0.478. The number of hydroxylamine groups is 2. The number of halogens is 5. The van der Waals surface area contributed by atoms with E-state index >= 15 is 0 Å². The van der Waals surface area contributed by atoms with Gasteiger partial charge in [-0.3, -0.25) is 4.79 Å². The van der Waals surface area contributed by atoms with Crippen molar-refractivity contribution >= 4 is 23.6 Å². The van der Waals surface area contributed by atoms with Gasteiger partial charge >= 0.3 is 12.1 Å². The van der Waals surface area contributed by atoms with Crippen LogP contribution in [0.3, 0.4) is 0 Å². The van der Waals surface area contributed by atoms with Crippen LogP contribution in [0, 0.1) is 18.6 Å². The Kier molecular flexibility index (Phi) is 7.27. The van der Waals surface area contributed by atoms with Crippen molar-refractivity contribution < 1.29 is 36.4 Å². The van der Waals surface area contributed by atoms with Crippen LogP contribution < -0.4 is 10.6 Å². The first kappa shape index (κ1) is 25.6. The van der Waals surface area contributed by atoms with Crippen molar-refractivity contribution in [2.75, 3.05) is 10.6 Å². The van der Waals surface area contributed by atoms with Gasteiger partial charge in [0.1, 0.15) is 5.82 Å². The number of aromatic nitrogens is 2. The molecule has 1 heterocycles. The number of aryl methyl sites for hydroxylation is 1. The number of rotatable bonds is 6. The van der Waals surface area contributed by atoms with Crippen LogP contribution in [0.15, 0.2) is 24.4 Å². The molecule has 4 rings (SSSR count). The molecule has 2 N–H and O–H groups in total. The maximum Gasteiger partial charge on any atom is 0.493 e. The number of carbonyl (C=O) groups excluding carboxylic acids is 2. The Morgan fingerprint density at radius 1 is 1.00 bits per heavy atom. The summed E-state index contributed by atoms with van der Waals surface area (Å²) in [5, 5.41) is 6.84. The number of benzene rings is 1. The number of amides is 1. The number of nitrogens with one attached hydrogen (secondary N) is 2. The number of hydrogen-bond donors (Lipinski definition) is 2. The summed E-state index contributed by atoms with van der Waals surface area (Å²) in [7, 11) is 0. The molecule has 1 amide bonds. The predicted molar refractivity (Wildman–Crippen MR) is 118 cm³/mol. The molecule has 0 aliphatic heterocycles. The Balaban J connectivity index is 1.44. The van der Waals surface area contributed by atoms with E-state index in [4.69, 9.17) is 0 Å². The molecule has 0 atom stereocenters. The first-order chi connectivity index (χ1) is 17.0. The van der Waals surface area contributed by atoms with Crippen LogP contribution in [0.5, 0.6) is 0 Å². The third-order valence-corrected chi connectivity index (χ3v) is 6.03. The SMILES string of the molecule is Cc1cnc(NC2CCC(N(OC(=O)C(F)(F)F)C(=O)c3ccc(F)c(F)c3)CC2)nc1NC1CC1. The summed E-state index contributed by atoms with van der Waals surface area (Å²) in [5.74, 6) is -5.23. The van der Waals surface area contributed by atoms with Gasteiger partial charge < -0.3 is 15.5 Å². The van der Waals surface area contributed by atoms with Crippen LogP contribution in [-0.4, -0.2) is 51.2 Å². The van der Waals surface area contributed by atoms with Gasteiger partial charge in [0.2, 0.25) is 5.95 Å². The highest BCUT2D eigenvalue weighted by atomic mass is 19.4. The van der Waals surface area contributed by atoms with Gasteiger partial charge in [-0.1, -0.05) is 0 Å². The van der Waals surface area contributed by atoms with Crippen molar-refractivity contribution in [2.24, 2.45) is 0 Å². The standard InChI is InChI=1S/C23H24F5N5O3/c1-12-11-29-22(32-19(12)30-14-3-4-14)31-15-5-7-16(8-6-15)33(36-21(35)23(26,27)28)20(34)13-2-9-17(24)18(25)10-13/h2,9-11,14-16H,3-8H2,1H3,(H2,29,30,31,32). The van der Waals surface area contributed by atoms with Crippen molar-refractivity contribution in [1.29, 1.82) is 0 Å². The van der Waals surface area contributed by atoms with Crippen molar-refractivity contribution in [3.05, 3.63) is 47.2 Å². The third-order valence-electron chi connectivity index (χ3n) is 6.03. The van der Waals surface area contributed by atoms with E-state index in [2.05, 4.69) is 25.4 Å². The molecule has 2 aliphatic carbocycles. The van der Waals surface area contributed by atoms with Gasteiger partial charge in [0, 0.05) is 29.4 Å². The van der Waals surface area contributed by atoms with Crippen LogP contribution >= 0.6 is 0 Å². The minimum atomic E-state index is -5.35. The molecule has 0 unspecified atom stereocenters. The van der Waals surface area contributed by atoms with E-state index in [-0.39, 0.29) is 18.9 Å². The van der Waals surface area contributed by atoms with E-state index in [1.54, 1.807) is 6.20 Å². The maximum absolute atomic E-state index is 13.6. The fourth-order valence-corrected chi connectivity index (χ4v) is 3.90. The van der Waals surface area contributed by atoms with Crippen LogP contribution in [0.25, 0.3) is 0 Å². The molecule has 1 aromatic heterocycles. The van der Waals surface area contributed by atoms with Crippen molar-refractivity contribution in [3.8, 4) is 0 Å². The predicted octanol–water partition coefficient (Wildman–Crippen LogP) is 4.52. The molecule has 0 saturated heterocycles. The first-order valence-corrected chi connectivity index (χ1v) is 11.5. The molecule has 2 fully saturated rings. The van der Waals surface area contributed by atoms with E-state index in [1.807, 2.05) is 6.92 Å². The summed E-state index contributed by atoms with van der Waals surface area (Å²) in [4.78, 5) is 37.6. The highest BCUT2D eigenvalue weighted by molar-refractivity contribution is 5.94. The maximum atomic E-state index is 13.6. The van der Waals surface area contributed by atoms with Crippen LogP contribution in [0.4, 0.5) is 33.7 Å². The molecule has 0 bridgehead atoms. The molecule has 2 aliphatic rings. The molecule has 1 aromatic carbocycles. The highest BCUT2D eigenvalue weighted by Crippen LogP contribution is 2.30. The van der Waals surface area contributed by atoms with Gasteiger partial charge in [-0.15, -0.1) is 0 Å². The van der Waals surface area contributed by atoms with E-state index in [0.717, 1.165) is 30.3 Å². The Labute approximate surface area is 203 Å². The number of hydrogen-bond acceptors (Lipinski definition) is 7. The quantitative estimate of drug-likeness (QED) is 0.433. The summed E-state index contributed by atoms with van der Waals surface area (Å²) in [6.07, 6.45) is -0.347. The van der Waals surface area contributed by atoms with Crippen molar-refractivity contribution in [1.82, 2.24) is 15.0 Å². The summed E-state index contributed by atoms with van der Waals surface area (Å²) >= 11 is 0. The second kappa shape index (κ2) is 10.2. The Bertz CT molecular complexity index is 1130. The lowest BCUT2D eigenvalue weighted by Gasteiger charge is -2.35. The van der Waals surface area contributed by atoms with Gasteiger partial charge in [-0.05, 0) is 63.6 Å². The lowest BCUT2D eigenvalue weighted by atomic mass is 9.90. The Hall–Kier alpha value is -3.51.